The summed E-state index contributed by atoms with van der Waals surface area (Å²) in [5, 5.41) is 25.2. The Morgan fingerprint density at radius 1 is 0.920 bits per heavy atom. The number of nitrogens with zero attached hydrogens (tertiary/aromatic N) is 3. The molecule has 0 aliphatic rings. The van der Waals surface area contributed by atoms with Crippen molar-refractivity contribution in [2.45, 2.75) is 31.9 Å². The zero-order valence-corrected chi connectivity index (χ0v) is 14.7. The minimum atomic E-state index is -1.63. The van der Waals surface area contributed by atoms with Gasteiger partial charge in [-0.2, -0.15) is 5.10 Å². The van der Waals surface area contributed by atoms with Crippen LogP contribution in [0.5, 0.6) is 0 Å². The van der Waals surface area contributed by atoms with E-state index >= 15 is 0 Å². The van der Waals surface area contributed by atoms with Crippen LogP contribution in [0.1, 0.15) is 32.2 Å². The van der Waals surface area contributed by atoms with Crippen molar-refractivity contribution in [3.63, 3.8) is 0 Å². The molecule has 1 aromatic heterocycles. The molecule has 0 bridgehead atoms. The van der Waals surface area contributed by atoms with E-state index in [4.69, 9.17) is 0 Å². The molecule has 0 spiro atoms. The Morgan fingerprint density at radius 3 is 2.04 bits per heavy atom. The summed E-state index contributed by atoms with van der Waals surface area (Å²) < 4.78 is 1.68. The van der Waals surface area contributed by atoms with Gasteiger partial charge in [-0.3, -0.25) is 0 Å². The molecule has 130 valence electrons. The van der Waals surface area contributed by atoms with Crippen LogP contribution < -0.4 is 0 Å². The Balaban J connectivity index is 1.96. The van der Waals surface area contributed by atoms with Crippen molar-refractivity contribution in [3.05, 3.63) is 72.3 Å². The Bertz CT molecular complexity index is 835. The molecule has 1 atom stereocenters. The molecule has 5 nitrogen and oxygen atoms in total. The molecule has 0 saturated heterocycles. The lowest BCUT2D eigenvalue weighted by atomic mass is 9.92. The smallest absolute Gasteiger partial charge is 0.189 e. The van der Waals surface area contributed by atoms with Crippen LogP contribution in [0, 0.1) is 0 Å². The average Bonchev–Trinajstić information content (AvgIpc) is 3.13. The predicted octanol–water partition coefficient (Wildman–Crippen LogP) is 2.93. The van der Waals surface area contributed by atoms with Crippen LogP contribution in [0.4, 0.5) is 0 Å². The lowest BCUT2D eigenvalue weighted by molar-refractivity contribution is 0.00944. The van der Waals surface area contributed by atoms with Crippen molar-refractivity contribution >= 4 is 0 Å². The Kier molecular flexibility index (Phi) is 4.45. The zero-order chi connectivity index (χ0) is 18.1. The largest absolute Gasteiger partial charge is 0.393 e. The van der Waals surface area contributed by atoms with Crippen molar-refractivity contribution in [1.82, 2.24) is 14.8 Å². The fourth-order valence-electron chi connectivity index (χ4n) is 2.64. The van der Waals surface area contributed by atoms with Crippen molar-refractivity contribution in [3.8, 4) is 11.1 Å². The van der Waals surface area contributed by atoms with Crippen molar-refractivity contribution in [2.75, 3.05) is 6.61 Å². The van der Waals surface area contributed by atoms with Crippen LogP contribution in [0.25, 0.3) is 11.1 Å². The summed E-state index contributed by atoms with van der Waals surface area (Å²) >= 11 is 0. The first-order valence-electron chi connectivity index (χ1n) is 8.26. The molecular formula is C20H23N3O2. The van der Waals surface area contributed by atoms with Crippen LogP contribution >= 0.6 is 0 Å². The van der Waals surface area contributed by atoms with E-state index in [-0.39, 0.29) is 11.4 Å². The average molecular weight is 337 g/mol. The minimum absolute atomic E-state index is 0.192. The van der Waals surface area contributed by atoms with Crippen molar-refractivity contribution < 1.29 is 10.2 Å². The van der Waals surface area contributed by atoms with Gasteiger partial charge in [-0.15, -0.1) is 0 Å². The zero-order valence-electron chi connectivity index (χ0n) is 14.7. The highest BCUT2D eigenvalue weighted by Gasteiger charge is 2.36. The van der Waals surface area contributed by atoms with E-state index in [1.807, 2.05) is 63.2 Å². The summed E-state index contributed by atoms with van der Waals surface area (Å²) in [6.07, 6.45) is 1.58. The van der Waals surface area contributed by atoms with Gasteiger partial charge < -0.3 is 10.2 Å². The Morgan fingerprint density at radius 2 is 1.52 bits per heavy atom. The lowest BCUT2D eigenvalue weighted by Crippen LogP contribution is -2.34. The highest BCUT2D eigenvalue weighted by atomic mass is 16.3. The molecule has 2 aromatic carbocycles. The summed E-state index contributed by atoms with van der Waals surface area (Å²) in [4.78, 5) is 4.22. The summed E-state index contributed by atoms with van der Waals surface area (Å²) in [7, 11) is 0. The Hall–Kier alpha value is -2.50. The van der Waals surface area contributed by atoms with E-state index < -0.39 is 12.2 Å². The minimum Gasteiger partial charge on any atom is -0.393 e. The van der Waals surface area contributed by atoms with Crippen LogP contribution in [-0.4, -0.2) is 31.6 Å². The highest BCUT2D eigenvalue weighted by molar-refractivity contribution is 5.63. The maximum absolute atomic E-state index is 11.0. The van der Waals surface area contributed by atoms with Gasteiger partial charge >= 0.3 is 0 Å². The molecule has 5 heteroatoms. The van der Waals surface area contributed by atoms with Gasteiger partial charge in [0.05, 0.1) is 12.1 Å². The second-order valence-corrected chi connectivity index (χ2v) is 7.15. The van der Waals surface area contributed by atoms with Gasteiger partial charge in [0.2, 0.25) is 0 Å². The van der Waals surface area contributed by atoms with Crippen LogP contribution in [0.2, 0.25) is 0 Å². The SMILES string of the molecule is CC(C)(C)n1cnc(C(O)(CO)c2ccc(-c3ccccc3)cc2)n1. The molecule has 3 rings (SSSR count). The van der Waals surface area contributed by atoms with E-state index in [0.29, 0.717) is 5.56 Å². The van der Waals surface area contributed by atoms with E-state index in [1.54, 1.807) is 23.1 Å². The van der Waals surface area contributed by atoms with Gasteiger partial charge in [-0.1, -0.05) is 54.6 Å². The molecular weight excluding hydrogens is 314 g/mol. The first kappa shape index (κ1) is 17.3. The lowest BCUT2D eigenvalue weighted by Gasteiger charge is -2.24. The normalized spacial score (nSPS) is 14.3. The maximum Gasteiger partial charge on any atom is 0.189 e. The molecule has 1 heterocycles. The number of hydrogen-bond acceptors (Lipinski definition) is 4. The quantitative estimate of drug-likeness (QED) is 0.768. The van der Waals surface area contributed by atoms with E-state index in [1.165, 1.54) is 0 Å². The van der Waals surface area contributed by atoms with Crippen molar-refractivity contribution in [2.24, 2.45) is 0 Å². The van der Waals surface area contributed by atoms with Gasteiger partial charge in [0.1, 0.15) is 6.33 Å². The first-order valence-corrected chi connectivity index (χ1v) is 8.26. The maximum atomic E-state index is 11.0. The summed E-state index contributed by atoms with van der Waals surface area (Å²) in [5.74, 6) is 0.192. The van der Waals surface area contributed by atoms with Gasteiger partial charge in [0, 0.05) is 0 Å². The van der Waals surface area contributed by atoms with Gasteiger partial charge in [-0.25, -0.2) is 9.67 Å². The van der Waals surface area contributed by atoms with Crippen LogP contribution in [-0.2, 0) is 11.1 Å². The van der Waals surface area contributed by atoms with Crippen molar-refractivity contribution in [1.29, 1.82) is 0 Å². The van der Waals surface area contributed by atoms with Gasteiger partial charge in [-0.05, 0) is 37.5 Å². The number of hydrogen-bond donors (Lipinski definition) is 2. The summed E-state index contributed by atoms with van der Waals surface area (Å²) in [6.45, 7) is 5.50. The molecule has 0 amide bonds. The van der Waals surface area contributed by atoms with E-state index in [9.17, 15) is 10.2 Å². The number of rotatable bonds is 4. The third kappa shape index (κ3) is 3.34. The Labute approximate surface area is 147 Å². The topological polar surface area (TPSA) is 71.2 Å². The fraction of sp³-hybridized carbons (Fsp3) is 0.300. The van der Waals surface area contributed by atoms with Gasteiger partial charge in [0.25, 0.3) is 0 Å². The van der Waals surface area contributed by atoms with E-state index in [0.717, 1.165) is 11.1 Å². The highest BCUT2D eigenvalue weighted by Crippen LogP contribution is 2.29. The molecule has 0 saturated carbocycles. The number of aromatic nitrogens is 3. The number of benzene rings is 2. The molecule has 3 aromatic rings. The first-order chi connectivity index (χ1) is 11.8. The monoisotopic (exact) mass is 337 g/mol. The standard InChI is InChI=1S/C20H23N3O2/c1-19(2,3)23-14-21-18(22-23)20(25,13-24)17-11-9-16(10-12-17)15-7-5-4-6-8-15/h4-12,14,24-25H,13H2,1-3H3. The van der Waals surface area contributed by atoms with Gasteiger partial charge in [0.15, 0.2) is 11.4 Å². The molecule has 0 fully saturated rings. The summed E-state index contributed by atoms with van der Waals surface area (Å²) in [5.41, 5.74) is 0.806. The summed E-state index contributed by atoms with van der Waals surface area (Å²) in [6, 6.07) is 17.4. The third-order valence-electron chi connectivity index (χ3n) is 4.25. The number of aliphatic hydroxyl groups is 2. The molecule has 0 aliphatic heterocycles. The fourth-order valence-corrected chi connectivity index (χ4v) is 2.64. The van der Waals surface area contributed by atoms with Crippen LogP contribution in [0.15, 0.2) is 60.9 Å². The second kappa shape index (κ2) is 6.43. The molecule has 25 heavy (non-hydrogen) atoms. The third-order valence-corrected chi connectivity index (χ3v) is 4.25. The molecule has 0 radical (unpaired) electrons. The van der Waals surface area contributed by atoms with Crippen LogP contribution in [0.3, 0.4) is 0 Å². The predicted molar refractivity (Wildman–Crippen MR) is 97.0 cm³/mol. The molecule has 0 aliphatic carbocycles. The molecule has 1 unspecified atom stereocenters. The number of aliphatic hydroxyl groups excluding tert-OH is 1. The van der Waals surface area contributed by atoms with E-state index in [2.05, 4.69) is 10.1 Å². The second-order valence-electron chi connectivity index (χ2n) is 7.15. The molecule has 2 N–H and O–H groups in total.